The summed E-state index contributed by atoms with van der Waals surface area (Å²) in [7, 11) is 1.68. The Balaban J connectivity index is 3.41. The highest BCUT2D eigenvalue weighted by molar-refractivity contribution is 4.59. The lowest BCUT2D eigenvalue weighted by atomic mass is 10.1. The van der Waals surface area contributed by atoms with Crippen molar-refractivity contribution in [3.63, 3.8) is 0 Å². The Morgan fingerprint density at radius 1 is 1.44 bits per heavy atom. The molecule has 0 aromatic carbocycles. The Morgan fingerprint density at radius 3 is 2.11 bits per heavy atom. The highest BCUT2D eigenvalue weighted by Crippen LogP contribution is 2.08. The van der Waals surface area contributed by atoms with E-state index in [1.807, 2.05) is 0 Å². The Labute approximate surface area is 56.8 Å². The van der Waals surface area contributed by atoms with Gasteiger partial charge in [-0.2, -0.15) is 0 Å². The van der Waals surface area contributed by atoms with Crippen LogP contribution in [0.15, 0.2) is 0 Å². The highest BCUT2D eigenvalue weighted by atomic mass is 16.5. The number of rotatable bonds is 4. The third-order valence-electron chi connectivity index (χ3n) is 1.46. The minimum atomic E-state index is 0.218. The summed E-state index contributed by atoms with van der Waals surface area (Å²) in [6.07, 6.45) is 0.962. The molecule has 0 saturated heterocycles. The van der Waals surface area contributed by atoms with E-state index < -0.39 is 0 Å². The van der Waals surface area contributed by atoms with Crippen LogP contribution in [0.4, 0.5) is 0 Å². The Bertz CT molecular complexity index is 61.9. The molecule has 0 bridgehead atoms. The summed E-state index contributed by atoms with van der Waals surface area (Å²) in [5, 5.41) is 8.54. The van der Waals surface area contributed by atoms with Gasteiger partial charge in [-0.05, 0) is 12.3 Å². The summed E-state index contributed by atoms with van der Waals surface area (Å²) in [5.74, 6) is 0.502. The van der Waals surface area contributed by atoms with Crippen molar-refractivity contribution in [1.82, 2.24) is 0 Å². The molecular weight excluding hydrogens is 116 g/mol. The standard InChI is InChI=1S/C7H16O2/c1-6(2)7(9-3)4-5-8/h6-8H,4-5H2,1-3H3. The highest BCUT2D eigenvalue weighted by Gasteiger charge is 2.09. The minimum absolute atomic E-state index is 0.218. The van der Waals surface area contributed by atoms with Crippen LogP contribution in [0.1, 0.15) is 20.3 Å². The fraction of sp³-hybridized carbons (Fsp3) is 1.00. The van der Waals surface area contributed by atoms with Gasteiger partial charge in [-0.1, -0.05) is 13.8 Å². The molecule has 1 unspecified atom stereocenters. The summed E-state index contributed by atoms with van der Waals surface area (Å²) in [6.45, 7) is 4.39. The number of hydrogen-bond donors (Lipinski definition) is 1. The van der Waals surface area contributed by atoms with Crippen molar-refractivity contribution in [1.29, 1.82) is 0 Å². The zero-order valence-corrected chi connectivity index (χ0v) is 6.42. The van der Waals surface area contributed by atoms with Crippen LogP contribution in [0.5, 0.6) is 0 Å². The third-order valence-corrected chi connectivity index (χ3v) is 1.46. The van der Waals surface area contributed by atoms with Gasteiger partial charge in [0.05, 0.1) is 6.10 Å². The Morgan fingerprint density at radius 2 is 2.00 bits per heavy atom. The van der Waals surface area contributed by atoms with Gasteiger partial charge < -0.3 is 9.84 Å². The van der Waals surface area contributed by atoms with E-state index in [9.17, 15) is 0 Å². The van der Waals surface area contributed by atoms with E-state index in [4.69, 9.17) is 9.84 Å². The molecule has 1 N–H and O–H groups in total. The fourth-order valence-electron chi connectivity index (χ4n) is 0.851. The maximum atomic E-state index is 8.54. The monoisotopic (exact) mass is 132 g/mol. The predicted molar refractivity (Wildman–Crippen MR) is 37.3 cm³/mol. The van der Waals surface area contributed by atoms with Gasteiger partial charge >= 0.3 is 0 Å². The summed E-state index contributed by atoms with van der Waals surface area (Å²) in [5.41, 5.74) is 0. The zero-order chi connectivity index (χ0) is 7.28. The number of aliphatic hydroxyl groups is 1. The first kappa shape index (κ1) is 8.92. The molecule has 1 atom stereocenters. The molecule has 2 nitrogen and oxygen atoms in total. The van der Waals surface area contributed by atoms with Crippen molar-refractivity contribution in [3.05, 3.63) is 0 Å². The van der Waals surface area contributed by atoms with Gasteiger partial charge in [-0.25, -0.2) is 0 Å². The summed E-state index contributed by atoms with van der Waals surface area (Å²) >= 11 is 0. The number of methoxy groups -OCH3 is 1. The fourth-order valence-corrected chi connectivity index (χ4v) is 0.851. The lowest BCUT2D eigenvalue weighted by Crippen LogP contribution is -2.19. The predicted octanol–water partition coefficient (Wildman–Crippen LogP) is 1.04. The van der Waals surface area contributed by atoms with Gasteiger partial charge in [0.1, 0.15) is 0 Å². The number of ether oxygens (including phenoxy) is 1. The van der Waals surface area contributed by atoms with Gasteiger partial charge in [0.15, 0.2) is 0 Å². The second-order valence-electron chi connectivity index (χ2n) is 2.53. The van der Waals surface area contributed by atoms with Crippen LogP contribution in [0, 0.1) is 5.92 Å². The molecule has 0 amide bonds. The van der Waals surface area contributed by atoms with Crippen LogP contribution in [-0.4, -0.2) is 24.9 Å². The van der Waals surface area contributed by atoms with E-state index in [0.29, 0.717) is 5.92 Å². The molecule has 0 saturated carbocycles. The lowest BCUT2D eigenvalue weighted by Gasteiger charge is -2.17. The maximum absolute atomic E-state index is 8.54. The molecule has 0 aliphatic rings. The SMILES string of the molecule is COC(CCO)C(C)C. The molecule has 2 heteroatoms. The van der Waals surface area contributed by atoms with Crippen LogP contribution in [-0.2, 0) is 4.74 Å². The number of hydrogen-bond acceptors (Lipinski definition) is 2. The van der Waals surface area contributed by atoms with Crippen molar-refractivity contribution < 1.29 is 9.84 Å². The number of aliphatic hydroxyl groups excluding tert-OH is 1. The summed E-state index contributed by atoms with van der Waals surface area (Å²) in [6, 6.07) is 0. The molecule has 0 fully saturated rings. The Hall–Kier alpha value is -0.0800. The average Bonchev–Trinajstić information content (AvgIpc) is 1.82. The van der Waals surface area contributed by atoms with Crippen LogP contribution in [0.2, 0.25) is 0 Å². The first-order valence-corrected chi connectivity index (χ1v) is 3.36. The molecular formula is C7H16O2. The van der Waals surface area contributed by atoms with Gasteiger partial charge in [0, 0.05) is 13.7 Å². The first-order valence-electron chi connectivity index (χ1n) is 3.36. The molecule has 0 aromatic heterocycles. The van der Waals surface area contributed by atoms with E-state index in [1.54, 1.807) is 7.11 Å². The Kier molecular flexibility index (Phi) is 4.72. The molecule has 0 heterocycles. The molecule has 9 heavy (non-hydrogen) atoms. The molecule has 0 aliphatic heterocycles. The van der Waals surface area contributed by atoms with E-state index in [-0.39, 0.29) is 12.7 Å². The molecule has 0 radical (unpaired) electrons. The van der Waals surface area contributed by atoms with Crippen molar-refractivity contribution in [2.24, 2.45) is 5.92 Å². The van der Waals surface area contributed by atoms with Gasteiger partial charge in [-0.15, -0.1) is 0 Å². The summed E-state index contributed by atoms with van der Waals surface area (Å²) < 4.78 is 5.09. The summed E-state index contributed by atoms with van der Waals surface area (Å²) in [4.78, 5) is 0. The third kappa shape index (κ3) is 3.49. The van der Waals surface area contributed by atoms with Crippen molar-refractivity contribution >= 4 is 0 Å². The molecule has 0 spiro atoms. The van der Waals surface area contributed by atoms with Crippen molar-refractivity contribution in [2.75, 3.05) is 13.7 Å². The van der Waals surface area contributed by atoms with Crippen LogP contribution in [0.25, 0.3) is 0 Å². The molecule has 0 rings (SSSR count). The van der Waals surface area contributed by atoms with Crippen LogP contribution >= 0.6 is 0 Å². The zero-order valence-electron chi connectivity index (χ0n) is 6.42. The van der Waals surface area contributed by atoms with E-state index in [2.05, 4.69) is 13.8 Å². The second kappa shape index (κ2) is 4.77. The molecule has 56 valence electrons. The first-order chi connectivity index (χ1) is 4.22. The van der Waals surface area contributed by atoms with E-state index in [0.717, 1.165) is 6.42 Å². The maximum Gasteiger partial charge on any atom is 0.0616 e. The van der Waals surface area contributed by atoms with E-state index >= 15 is 0 Å². The average molecular weight is 132 g/mol. The van der Waals surface area contributed by atoms with Crippen LogP contribution < -0.4 is 0 Å². The second-order valence-corrected chi connectivity index (χ2v) is 2.53. The van der Waals surface area contributed by atoms with Crippen LogP contribution in [0.3, 0.4) is 0 Å². The topological polar surface area (TPSA) is 29.5 Å². The van der Waals surface area contributed by atoms with Crippen molar-refractivity contribution in [3.8, 4) is 0 Å². The normalized spacial score (nSPS) is 14.3. The molecule has 0 aromatic rings. The van der Waals surface area contributed by atoms with Gasteiger partial charge in [-0.3, -0.25) is 0 Å². The lowest BCUT2D eigenvalue weighted by molar-refractivity contribution is 0.0439. The van der Waals surface area contributed by atoms with Crippen molar-refractivity contribution in [2.45, 2.75) is 26.4 Å². The van der Waals surface area contributed by atoms with Gasteiger partial charge in [0.2, 0.25) is 0 Å². The molecule has 0 aliphatic carbocycles. The smallest absolute Gasteiger partial charge is 0.0616 e. The van der Waals surface area contributed by atoms with E-state index in [1.165, 1.54) is 0 Å². The quantitative estimate of drug-likeness (QED) is 0.619. The minimum Gasteiger partial charge on any atom is -0.396 e. The largest absolute Gasteiger partial charge is 0.396 e. The van der Waals surface area contributed by atoms with Gasteiger partial charge in [0.25, 0.3) is 0 Å².